The van der Waals surface area contributed by atoms with Gasteiger partial charge in [0.2, 0.25) is 5.78 Å². The molecule has 1 aliphatic rings. The molecular formula is C45H30N8Na4O15S4. The maximum absolute atomic E-state index is 14.1. The van der Waals surface area contributed by atoms with Crippen LogP contribution in [0.25, 0.3) is 27.6 Å². The zero-order chi connectivity index (χ0) is 50.8. The molecule has 0 radical (unpaired) electrons. The van der Waals surface area contributed by atoms with Crippen molar-refractivity contribution in [3.05, 3.63) is 143 Å². The van der Waals surface area contributed by atoms with Gasteiger partial charge in [0, 0.05) is 59.9 Å². The molecule has 8 rings (SSSR count). The van der Waals surface area contributed by atoms with Crippen molar-refractivity contribution in [3.8, 4) is 5.75 Å². The van der Waals surface area contributed by atoms with Crippen molar-refractivity contribution in [2.75, 3.05) is 23.1 Å². The van der Waals surface area contributed by atoms with E-state index in [0.29, 0.717) is 90.3 Å². The van der Waals surface area contributed by atoms with Crippen LogP contribution < -0.4 is 155 Å². The molecule has 4 N–H and O–H groups in total. The summed E-state index contributed by atoms with van der Waals surface area (Å²) >= 11 is 1.65. The van der Waals surface area contributed by atoms with Gasteiger partial charge in [0.05, 0.1) is 75.3 Å². The predicted molar refractivity (Wildman–Crippen MR) is 256 cm³/mol. The Bertz CT molecular complexity index is 3490. The van der Waals surface area contributed by atoms with Crippen LogP contribution in [0.15, 0.2) is 166 Å². The number of ether oxygens (including phenoxy) is 1. The summed E-state index contributed by atoms with van der Waals surface area (Å²) in [6.07, 6.45) is 1.50. The van der Waals surface area contributed by atoms with E-state index in [1.165, 1.54) is 42.5 Å². The number of amides is 1. The summed E-state index contributed by atoms with van der Waals surface area (Å²) in [4.78, 5) is 27.4. The molecule has 1 aliphatic carbocycles. The molecule has 76 heavy (non-hydrogen) atoms. The van der Waals surface area contributed by atoms with Gasteiger partial charge in [0.25, 0.3) is 5.91 Å². The number of carbonyl (C=O) groups is 2. The zero-order valence-electron chi connectivity index (χ0n) is 40.4. The van der Waals surface area contributed by atoms with E-state index in [4.69, 9.17) is 10.5 Å². The first-order valence-electron chi connectivity index (χ1n) is 20.4. The van der Waals surface area contributed by atoms with Crippen LogP contribution in [-0.4, -0.2) is 37.0 Å². The van der Waals surface area contributed by atoms with Crippen molar-refractivity contribution < 1.29 is 189 Å². The molecule has 0 unspecified atom stereocenters. The number of carbonyl (C=O) groups excluding carboxylic acids is 2. The average Bonchev–Trinajstić information content (AvgIpc) is 3.37. The molecule has 0 spiro atoms. The van der Waals surface area contributed by atoms with E-state index in [0.717, 1.165) is 12.1 Å². The minimum Gasteiger partial charge on any atom is -0.744 e. The van der Waals surface area contributed by atoms with Gasteiger partial charge in [-0.2, -0.15) is 23.2 Å². The second kappa shape index (κ2) is 31.0. The zero-order valence-corrected chi connectivity index (χ0v) is 51.7. The molecule has 0 atom stereocenters. The van der Waals surface area contributed by atoms with E-state index >= 15 is 0 Å². The molecule has 1 amide bonds. The van der Waals surface area contributed by atoms with E-state index < -0.39 is 26.7 Å². The number of hydrogen-bond donors (Lipinski definition) is 3. The first kappa shape index (κ1) is 65.3. The molecule has 7 aromatic carbocycles. The summed E-state index contributed by atoms with van der Waals surface area (Å²) in [6, 6.07) is 30.3. The molecule has 31 heteroatoms. The van der Waals surface area contributed by atoms with Crippen molar-refractivity contribution in [2.24, 2.45) is 25.6 Å². The SMILES string of the molecule is CCOc1cc(N=Nc2ccc(N=Nc3cccc(SOO[O-])c3)c3ccc(S(=O)(=O)[O-])cc23)c2cc(SOO[O-])ccc2c1N/N=C1\C(=O)c2ccc(NC(=O)c3cccc(N)c3)cc2C=C1SOO[O-].[Na+].[Na+].[Na+].[Na+]. The molecule has 0 aliphatic heterocycles. The number of hydrazone groups is 1. The van der Waals surface area contributed by atoms with Gasteiger partial charge in [-0.05, 0) is 110 Å². The fraction of sp³-hybridized carbons (Fsp3) is 0.0444. The molecular weight excluding hydrogens is 1110 g/mol. The van der Waals surface area contributed by atoms with Crippen LogP contribution >= 0.6 is 36.1 Å². The van der Waals surface area contributed by atoms with E-state index in [2.05, 4.69) is 64.4 Å². The Morgan fingerprint density at radius 2 is 1.32 bits per heavy atom. The molecule has 0 fully saturated rings. The van der Waals surface area contributed by atoms with Gasteiger partial charge < -0.3 is 36.1 Å². The van der Waals surface area contributed by atoms with Gasteiger partial charge in [0.15, 0.2) is 0 Å². The fourth-order valence-corrected chi connectivity index (χ4v) is 8.85. The molecule has 0 saturated heterocycles. The molecule has 23 nitrogen and oxygen atoms in total. The number of hydrogen-bond acceptors (Lipinski definition) is 25. The minimum absolute atomic E-state index is 0. The van der Waals surface area contributed by atoms with Crippen molar-refractivity contribution in [3.63, 3.8) is 0 Å². The molecule has 368 valence electrons. The monoisotopic (exact) mass is 1140 g/mol. The smallest absolute Gasteiger partial charge is 0.744 e. The van der Waals surface area contributed by atoms with Gasteiger partial charge in [-0.3, -0.25) is 30.1 Å². The second-order valence-electron chi connectivity index (χ2n) is 14.5. The number of Topliss-reactive ketones (excluding diaryl/α,β-unsaturated/α-hetero) is 1. The normalized spacial score (nSPS) is 12.6. The number of nitrogen functional groups attached to an aromatic ring is 1. The maximum atomic E-state index is 14.1. The quantitative estimate of drug-likeness (QED) is 0.0126. The Hall–Kier alpha value is -3.19. The van der Waals surface area contributed by atoms with E-state index in [1.807, 2.05) is 0 Å². The molecule has 0 bridgehead atoms. The first-order valence-corrected chi connectivity index (χ1v) is 24.0. The maximum Gasteiger partial charge on any atom is 1.00 e. The van der Waals surface area contributed by atoms with Gasteiger partial charge >= 0.3 is 118 Å². The number of nitrogens with one attached hydrogen (secondary N) is 2. The number of nitrogens with zero attached hydrogens (tertiary/aromatic N) is 5. The Labute approximate surface area is 532 Å². The molecule has 0 saturated carbocycles. The standard InChI is InChI=1S/C45H34N8O15S4.4Na/c1-2-62-40-23-39(51-50-38-16-15-37(33-14-11-31(22-36(33)38)72(59,60)61)49-48-28-7-4-8-29(20-28)69-66-63-56)35-21-30(70-67-64-57)10-13-34(35)42(40)52-53-43-41(71-68-65-58)19-25-18-27(9-12-32(25)44(43)54)47-45(55)24-5-3-6-26(46)17-24;;;;/h3-23,52,56-58H,2,46H2,1H3,(H,47,55)(H,59,60,61);;;;/q;4*+1/p-4/b49-48?,51-50?,53-43-;;;;. The summed E-state index contributed by atoms with van der Waals surface area (Å²) in [5, 5.41) is 68.7. The van der Waals surface area contributed by atoms with Crippen LogP contribution in [-0.2, 0) is 38.2 Å². The average molecular weight is 1140 g/mol. The van der Waals surface area contributed by atoms with Gasteiger partial charge in [-0.25, -0.2) is 8.42 Å². The Kier molecular flexibility index (Phi) is 26.6. The van der Waals surface area contributed by atoms with Gasteiger partial charge in [0.1, 0.15) is 27.3 Å². The van der Waals surface area contributed by atoms with Crippen LogP contribution in [0, 0.1) is 0 Å². The first-order chi connectivity index (χ1) is 34.9. The van der Waals surface area contributed by atoms with E-state index in [9.17, 15) is 38.3 Å². The number of azo groups is 2. The number of benzene rings is 7. The summed E-state index contributed by atoms with van der Waals surface area (Å²) in [5.74, 6) is -0.903. The van der Waals surface area contributed by atoms with Crippen molar-refractivity contribution >= 4 is 131 Å². The summed E-state index contributed by atoms with van der Waals surface area (Å²) in [6.45, 7) is 1.83. The number of allylic oxidation sites excluding steroid dienone is 1. The number of anilines is 3. The van der Waals surface area contributed by atoms with E-state index in [-0.39, 0.29) is 175 Å². The number of nitrogens with two attached hydrogens (primary N) is 1. The fourth-order valence-electron chi connectivity index (χ4n) is 7.06. The Morgan fingerprint density at radius 1 is 0.671 bits per heavy atom. The van der Waals surface area contributed by atoms with Crippen LogP contribution in [0.3, 0.4) is 0 Å². The van der Waals surface area contributed by atoms with Crippen molar-refractivity contribution in [1.82, 2.24) is 0 Å². The van der Waals surface area contributed by atoms with E-state index in [1.54, 1.807) is 79.7 Å². The second-order valence-corrected chi connectivity index (χ2v) is 18.2. The molecule has 7 aromatic rings. The predicted octanol–water partition coefficient (Wildman–Crippen LogP) is -3.68. The summed E-state index contributed by atoms with van der Waals surface area (Å²) < 4.78 is 56.3. The topological polar surface area (TPSA) is 337 Å². The van der Waals surface area contributed by atoms with Crippen molar-refractivity contribution in [1.29, 1.82) is 0 Å². The number of ketones is 1. The summed E-state index contributed by atoms with van der Waals surface area (Å²) in [5.41, 5.74) is 11.2. The number of fused-ring (bicyclic) bond motifs is 3. The third-order valence-corrected chi connectivity index (χ3v) is 12.7. The Balaban J connectivity index is 0.00000312. The van der Waals surface area contributed by atoms with Crippen LogP contribution in [0.2, 0.25) is 0 Å². The third-order valence-electron chi connectivity index (χ3n) is 10.1. The van der Waals surface area contributed by atoms with Crippen LogP contribution in [0.5, 0.6) is 5.75 Å². The number of rotatable bonds is 20. The largest absolute Gasteiger partial charge is 1.00 e. The van der Waals surface area contributed by atoms with Gasteiger partial charge in [-0.1, -0.05) is 24.3 Å². The Morgan fingerprint density at radius 3 is 2.01 bits per heavy atom. The van der Waals surface area contributed by atoms with Crippen LogP contribution in [0.4, 0.5) is 39.8 Å². The molecule has 0 heterocycles. The summed E-state index contributed by atoms with van der Waals surface area (Å²) in [7, 11) is -4.95. The van der Waals surface area contributed by atoms with Crippen LogP contribution in [0.1, 0.15) is 33.2 Å². The third kappa shape index (κ3) is 16.5. The van der Waals surface area contributed by atoms with Gasteiger partial charge in [-0.15, -0.1) is 15.3 Å². The van der Waals surface area contributed by atoms with Crippen molar-refractivity contribution in [2.45, 2.75) is 21.6 Å². The minimum atomic E-state index is -4.95. The molecule has 0 aromatic heterocycles.